The smallest absolute Gasteiger partial charge is 0.231 e. The zero-order valence-electron chi connectivity index (χ0n) is 9.48. The average Bonchev–Trinajstić information content (AvgIpc) is 2.40. The summed E-state index contributed by atoms with van der Waals surface area (Å²) in [4.78, 5) is 16.8. The fourth-order valence-corrected chi connectivity index (χ4v) is 2.74. The van der Waals surface area contributed by atoms with Crippen molar-refractivity contribution in [3.63, 3.8) is 0 Å². The van der Waals surface area contributed by atoms with Crippen LogP contribution in [0.2, 0.25) is 0 Å². The highest BCUT2D eigenvalue weighted by molar-refractivity contribution is 8.68. The van der Waals surface area contributed by atoms with Crippen LogP contribution in [0.15, 0.2) is 53.6 Å². The molecule has 1 heterocycles. The second-order valence-corrected chi connectivity index (χ2v) is 4.89. The molecule has 2 rings (SSSR count). The van der Waals surface area contributed by atoms with Crippen molar-refractivity contribution in [2.45, 2.75) is 10.8 Å². The number of hydrogen-bond acceptors (Lipinski definition) is 4. The van der Waals surface area contributed by atoms with Gasteiger partial charge in [-0.1, -0.05) is 35.1 Å². The van der Waals surface area contributed by atoms with Crippen molar-refractivity contribution in [2.75, 3.05) is 0 Å². The Labute approximate surface area is 115 Å². The molecule has 0 bridgehead atoms. The van der Waals surface area contributed by atoms with E-state index in [0.29, 0.717) is 5.69 Å². The number of benzene rings is 1. The maximum absolute atomic E-state index is 11.7. The van der Waals surface area contributed by atoms with E-state index in [2.05, 4.69) is 16.6 Å². The Morgan fingerprint density at radius 1 is 1.22 bits per heavy atom. The molecule has 18 heavy (non-hydrogen) atoms. The molecule has 2 N–H and O–H groups in total. The third kappa shape index (κ3) is 2.68. The Kier molecular flexibility index (Phi) is 4.28. The maximum atomic E-state index is 11.7. The number of carbonyl (C=O) groups is 1. The fourth-order valence-electron chi connectivity index (χ4n) is 1.81. The van der Waals surface area contributed by atoms with Gasteiger partial charge in [0.15, 0.2) is 0 Å². The first-order valence-electron chi connectivity index (χ1n) is 5.34. The summed E-state index contributed by atoms with van der Waals surface area (Å²) < 4.78 is 0. The molecule has 3 nitrogen and oxygen atoms in total. The Bertz CT molecular complexity index is 546. The summed E-state index contributed by atoms with van der Waals surface area (Å²) in [6, 6.07) is 13.0. The zero-order chi connectivity index (χ0) is 13.0. The molecule has 1 unspecified atom stereocenters. The molecule has 0 saturated heterocycles. The summed E-state index contributed by atoms with van der Waals surface area (Å²) in [5.41, 5.74) is 7.00. The number of aromatic nitrogens is 1. The van der Waals surface area contributed by atoms with Gasteiger partial charge in [-0.15, -0.1) is 11.7 Å². The maximum Gasteiger partial charge on any atom is 0.231 e. The number of rotatable bonds is 4. The number of hydrogen-bond donors (Lipinski definition) is 2. The number of thiol groups is 1. The molecule has 0 saturated carbocycles. The summed E-state index contributed by atoms with van der Waals surface area (Å²) in [5.74, 6) is -0.953. The van der Waals surface area contributed by atoms with Crippen molar-refractivity contribution >= 4 is 28.4 Å². The van der Waals surface area contributed by atoms with E-state index >= 15 is 0 Å². The van der Waals surface area contributed by atoms with Gasteiger partial charge in [0.1, 0.15) is 5.92 Å². The van der Waals surface area contributed by atoms with Gasteiger partial charge in [-0.2, -0.15) is 0 Å². The van der Waals surface area contributed by atoms with E-state index in [0.717, 1.165) is 10.5 Å². The highest BCUT2D eigenvalue weighted by atomic mass is 33.1. The SMILES string of the molecule is NC(=O)C(c1ccccn1)c1ccccc1SS. The first-order valence-corrected chi connectivity index (χ1v) is 7.21. The van der Waals surface area contributed by atoms with Crippen LogP contribution in [-0.2, 0) is 4.79 Å². The fraction of sp³-hybridized carbons (Fsp3) is 0.0769. The molecule has 0 spiro atoms. The van der Waals surface area contributed by atoms with Crippen LogP contribution in [0.5, 0.6) is 0 Å². The first kappa shape index (κ1) is 13.0. The summed E-state index contributed by atoms with van der Waals surface area (Å²) in [6.07, 6.45) is 1.65. The molecule has 1 amide bonds. The molecule has 1 aromatic carbocycles. The molecule has 0 radical (unpaired) electrons. The van der Waals surface area contributed by atoms with E-state index in [4.69, 9.17) is 5.73 Å². The van der Waals surface area contributed by atoms with E-state index in [1.807, 2.05) is 30.3 Å². The normalized spacial score (nSPS) is 12.1. The molecular formula is C13H12N2OS2. The third-order valence-electron chi connectivity index (χ3n) is 2.60. The van der Waals surface area contributed by atoms with Crippen LogP contribution in [0.4, 0.5) is 0 Å². The van der Waals surface area contributed by atoms with Crippen LogP contribution in [0.25, 0.3) is 0 Å². The van der Waals surface area contributed by atoms with Crippen molar-refractivity contribution in [3.05, 3.63) is 59.9 Å². The number of amides is 1. The Morgan fingerprint density at radius 2 is 1.94 bits per heavy atom. The van der Waals surface area contributed by atoms with E-state index < -0.39 is 11.8 Å². The van der Waals surface area contributed by atoms with E-state index in [1.54, 1.807) is 18.3 Å². The largest absolute Gasteiger partial charge is 0.369 e. The van der Waals surface area contributed by atoms with E-state index in [9.17, 15) is 4.79 Å². The van der Waals surface area contributed by atoms with Crippen LogP contribution in [0.1, 0.15) is 17.2 Å². The van der Waals surface area contributed by atoms with Crippen LogP contribution in [0, 0.1) is 0 Å². The summed E-state index contributed by atoms with van der Waals surface area (Å²) in [7, 11) is 1.29. The molecule has 92 valence electrons. The van der Waals surface area contributed by atoms with Gasteiger partial charge in [0.25, 0.3) is 0 Å². The number of nitrogens with zero attached hydrogens (tertiary/aromatic N) is 1. The number of pyridine rings is 1. The van der Waals surface area contributed by atoms with Gasteiger partial charge in [-0.3, -0.25) is 9.78 Å². The van der Waals surface area contributed by atoms with Gasteiger partial charge >= 0.3 is 0 Å². The third-order valence-corrected chi connectivity index (χ3v) is 3.75. The summed E-state index contributed by atoms with van der Waals surface area (Å²) in [5, 5.41) is 0. The quantitative estimate of drug-likeness (QED) is 0.667. The molecule has 5 heteroatoms. The Hall–Kier alpha value is -1.46. The lowest BCUT2D eigenvalue weighted by Gasteiger charge is -2.15. The lowest BCUT2D eigenvalue weighted by molar-refractivity contribution is -0.118. The highest BCUT2D eigenvalue weighted by Gasteiger charge is 2.23. The van der Waals surface area contributed by atoms with Crippen molar-refractivity contribution in [1.29, 1.82) is 0 Å². The van der Waals surface area contributed by atoms with Gasteiger partial charge < -0.3 is 5.73 Å². The molecule has 0 aliphatic rings. The number of primary amides is 1. The molecule has 1 aromatic heterocycles. The van der Waals surface area contributed by atoms with Crippen molar-refractivity contribution in [1.82, 2.24) is 4.98 Å². The van der Waals surface area contributed by atoms with Gasteiger partial charge in [0.2, 0.25) is 5.91 Å². The average molecular weight is 276 g/mol. The molecule has 0 fully saturated rings. The zero-order valence-corrected chi connectivity index (χ0v) is 11.2. The molecule has 2 aromatic rings. The first-order chi connectivity index (χ1) is 8.74. The van der Waals surface area contributed by atoms with Crippen LogP contribution >= 0.6 is 22.5 Å². The van der Waals surface area contributed by atoms with Crippen LogP contribution < -0.4 is 5.73 Å². The molecule has 1 atom stereocenters. The predicted molar refractivity (Wildman–Crippen MR) is 76.6 cm³/mol. The second kappa shape index (κ2) is 5.93. The van der Waals surface area contributed by atoms with E-state index in [1.165, 1.54) is 10.8 Å². The van der Waals surface area contributed by atoms with Crippen molar-refractivity contribution in [2.24, 2.45) is 5.73 Å². The van der Waals surface area contributed by atoms with E-state index in [-0.39, 0.29) is 0 Å². The van der Waals surface area contributed by atoms with Gasteiger partial charge in [-0.05, 0) is 23.8 Å². The minimum absolute atomic E-state index is 0.413. The summed E-state index contributed by atoms with van der Waals surface area (Å²) >= 11 is 4.20. The lowest BCUT2D eigenvalue weighted by Crippen LogP contribution is -2.23. The standard InChI is InChI=1S/C13H12N2OS2/c14-13(16)12(10-6-3-4-8-15-10)9-5-1-2-7-11(9)18-17/h1-8,12,17H,(H2,14,16). The Balaban J connectivity index is 2.52. The van der Waals surface area contributed by atoms with Gasteiger partial charge in [0, 0.05) is 11.1 Å². The van der Waals surface area contributed by atoms with Crippen LogP contribution in [0.3, 0.4) is 0 Å². The second-order valence-electron chi connectivity index (χ2n) is 3.72. The molecular weight excluding hydrogens is 264 g/mol. The minimum Gasteiger partial charge on any atom is -0.369 e. The molecule has 0 aliphatic carbocycles. The topological polar surface area (TPSA) is 56.0 Å². The van der Waals surface area contributed by atoms with Crippen molar-refractivity contribution < 1.29 is 4.79 Å². The van der Waals surface area contributed by atoms with Crippen molar-refractivity contribution in [3.8, 4) is 0 Å². The van der Waals surface area contributed by atoms with Gasteiger partial charge in [-0.25, -0.2) is 0 Å². The highest BCUT2D eigenvalue weighted by Crippen LogP contribution is 2.33. The number of nitrogens with two attached hydrogens (primary N) is 1. The Morgan fingerprint density at radius 3 is 2.56 bits per heavy atom. The molecule has 0 aliphatic heterocycles. The van der Waals surface area contributed by atoms with Gasteiger partial charge in [0.05, 0.1) is 5.69 Å². The summed E-state index contributed by atoms with van der Waals surface area (Å²) in [6.45, 7) is 0. The predicted octanol–water partition coefficient (Wildman–Crippen LogP) is 2.64. The minimum atomic E-state index is -0.540. The lowest BCUT2D eigenvalue weighted by atomic mass is 9.94. The number of carbonyl (C=O) groups excluding carboxylic acids is 1. The van der Waals surface area contributed by atoms with Crippen LogP contribution in [-0.4, -0.2) is 10.9 Å². The monoisotopic (exact) mass is 276 g/mol.